The molecule has 2 aliphatic rings. The normalized spacial score (nSPS) is 22.0. The fraction of sp³-hybridized carbons (Fsp3) is 0.526. The zero-order chi connectivity index (χ0) is 17.8. The van der Waals surface area contributed by atoms with Crippen LogP contribution in [0.4, 0.5) is 0 Å². The zero-order valence-electron chi connectivity index (χ0n) is 14.5. The van der Waals surface area contributed by atoms with Crippen molar-refractivity contribution in [2.75, 3.05) is 6.54 Å². The van der Waals surface area contributed by atoms with Crippen LogP contribution in [-0.4, -0.2) is 35.3 Å². The van der Waals surface area contributed by atoms with Crippen LogP contribution < -0.4 is 5.32 Å². The predicted octanol–water partition coefficient (Wildman–Crippen LogP) is 2.54. The number of hydrogen-bond acceptors (Lipinski definition) is 4. The molecule has 0 unspecified atom stereocenters. The van der Waals surface area contributed by atoms with Crippen LogP contribution in [0, 0.1) is 0 Å². The van der Waals surface area contributed by atoms with Crippen molar-refractivity contribution in [3.8, 4) is 0 Å². The number of nitrogens with one attached hydrogen (secondary N) is 1. The van der Waals surface area contributed by atoms with E-state index in [-0.39, 0.29) is 11.8 Å². The second-order valence-electron chi connectivity index (χ2n) is 6.55. The number of hydrogen-bond donors (Lipinski definition) is 1. The van der Waals surface area contributed by atoms with Crippen LogP contribution in [0.15, 0.2) is 24.3 Å². The van der Waals surface area contributed by atoms with Crippen molar-refractivity contribution in [1.82, 2.24) is 10.2 Å². The summed E-state index contributed by atoms with van der Waals surface area (Å²) in [4.78, 5) is 38.4. The number of ether oxygens (including phenoxy) is 1. The monoisotopic (exact) mass is 344 g/mol. The summed E-state index contributed by atoms with van der Waals surface area (Å²) in [6.45, 7) is 2.75. The van der Waals surface area contributed by atoms with Gasteiger partial charge in [-0.25, -0.2) is 4.79 Å². The molecular weight excluding hydrogens is 320 g/mol. The van der Waals surface area contributed by atoms with Gasteiger partial charge < -0.3 is 10.1 Å². The average Bonchev–Trinajstić information content (AvgIpc) is 3.15. The summed E-state index contributed by atoms with van der Waals surface area (Å²) in [7, 11) is 0. The van der Waals surface area contributed by atoms with Gasteiger partial charge in [-0.05, 0) is 18.9 Å². The molecule has 0 bridgehead atoms. The molecule has 6 nitrogen and oxygen atoms in total. The summed E-state index contributed by atoms with van der Waals surface area (Å²) in [5.74, 6) is -0.762. The van der Waals surface area contributed by atoms with Crippen molar-refractivity contribution >= 4 is 17.8 Å². The van der Waals surface area contributed by atoms with Gasteiger partial charge in [0.05, 0.1) is 5.56 Å². The summed E-state index contributed by atoms with van der Waals surface area (Å²) in [5, 5.41) is 2.92. The largest absolute Gasteiger partial charge is 0.433 e. The Kier molecular flexibility index (Phi) is 5.36. The lowest BCUT2D eigenvalue weighted by atomic mass is 10.1. The molecule has 1 N–H and O–H groups in total. The van der Waals surface area contributed by atoms with Crippen molar-refractivity contribution in [3.63, 3.8) is 0 Å². The maximum absolute atomic E-state index is 12.5. The second-order valence-corrected chi connectivity index (χ2v) is 6.55. The third kappa shape index (κ3) is 3.52. The molecule has 0 spiro atoms. The van der Waals surface area contributed by atoms with Crippen LogP contribution in [-0.2, 0) is 14.3 Å². The van der Waals surface area contributed by atoms with Crippen LogP contribution in [0.25, 0.3) is 0 Å². The molecule has 1 aromatic rings. The number of rotatable bonds is 7. The van der Waals surface area contributed by atoms with Gasteiger partial charge in [-0.15, -0.1) is 0 Å². The highest BCUT2D eigenvalue weighted by Crippen LogP contribution is 2.38. The van der Waals surface area contributed by atoms with Crippen LogP contribution >= 0.6 is 0 Å². The number of carbonyl (C=O) groups excluding carboxylic acids is 3. The van der Waals surface area contributed by atoms with E-state index in [1.54, 1.807) is 24.3 Å². The number of benzene rings is 1. The first-order valence-electron chi connectivity index (χ1n) is 9.02. The number of esters is 1. The number of carbonyl (C=O) groups is 3. The summed E-state index contributed by atoms with van der Waals surface area (Å²) >= 11 is 0. The average molecular weight is 344 g/mol. The molecule has 25 heavy (non-hydrogen) atoms. The van der Waals surface area contributed by atoms with E-state index in [0.29, 0.717) is 30.5 Å². The lowest BCUT2D eigenvalue weighted by Gasteiger charge is -2.29. The molecule has 6 heteroatoms. The van der Waals surface area contributed by atoms with E-state index in [4.69, 9.17) is 4.74 Å². The van der Waals surface area contributed by atoms with E-state index >= 15 is 0 Å². The van der Waals surface area contributed by atoms with E-state index in [0.717, 1.165) is 25.7 Å². The van der Waals surface area contributed by atoms with Gasteiger partial charge in [-0.3, -0.25) is 14.5 Å². The van der Waals surface area contributed by atoms with E-state index in [2.05, 4.69) is 12.2 Å². The molecular formula is C19H24N2O4. The highest BCUT2D eigenvalue weighted by Gasteiger charge is 2.46. The molecule has 3 rings (SSSR count). The highest BCUT2D eigenvalue weighted by molar-refractivity contribution is 5.96. The Morgan fingerprint density at radius 2 is 2.04 bits per heavy atom. The Bertz CT molecular complexity index is 673. The number of unbranched alkanes of at least 4 members (excludes halogenated alkanes) is 3. The van der Waals surface area contributed by atoms with Crippen molar-refractivity contribution in [3.05, 3.63) is 35.4 Å². The Hall–Kier alpha value is -2.37. The molecule has 0 aromatic heterocycles. The minimum atomic E-state index is -0.797. The first-order valence-corrected chi connectivity index (χ1v) is 9.02. The van der Waals surface area contributed by atoms with E-state index in [1.807, 2.05) is 0 Å². The summed E-state index contributed by atoms with van der Waals surface area (Å²) < 4.78 is 5.41. The minimum absolute atomic E-state index is 0.152. The second kappa shape index (κ2) is 7.68. The molecule has 1 aromatic carbocycles. The van der Waals surface area contributed by atoms with Crippen molar-refractivity contribution < 1.29 is 19.1 Å². The summed E-state index contributed by atoms with van der Waals surface area (Å²) in [6.07, 6.45) is 4.26. The number of nitrogens with zero attached hydrogens (tertiary/aromatic N) is 1. The van der Waals surface area contributed by atoms with Gasteiger partial charge >= 0.3 is 5.97 Å². The van der Waals surface area contributed by atoms with Gasteiger partial charge in [0.1, 0.15) is 6.04 Å². The molecule has 134 valence electrons. The van der Waals surface area contributed by atoms with Gasteiger partial charge in [0, 0.05) is 18.5 Å². The Morgan fingerprint density at radius 1 is 1.24 bits per heavy atom. The Labute approximate surface area is 147 Å². The topological polar surface area (TPSA) is 75.7 Å². The van der Waals surface area contributed by atoms with Crippen molar-refractivity contribution in [1.29, 1.82) is 0 Å². The number of cyclic esters (lactones) is 1. The molecule has 2 atom stereocenters. The third-order valence-electron chi connectivity index (χ3n) is 4.81. The molecule has 0 radical (unpaired) electrons. The third-order valence-corrected chi connectivity index (χ3v) is 4.81. The first kappa shape index (κ1) is 17.5. The molecule has 2 heterocycles. The van der Waals surface area contributed by atoms with Crippen LogP contribution in [0.1, 0.15) is 67.6 Å². The van der Waals surface area contributed by atoms with E-state index in [1.165, 1.54) is 4.90 Å². The maximum Gasteiger partial charge on any atom is 0.340 e. The standard InChI is InChI=1S/C19H24N2O4/c1-2-3-4-7-12-20-17(23)15-10-11-16(22)21(15)18-13-8-5-6-9-14(13)19(24)25-18/h5-6,8-9,15,18H,2-4,7,10-12H2,1H3,(H,20,23)/t15-,18-/m0/s1. The van der Waals surface area contributed by atoms with E-state index in [9.17, 15) is 14.4 Å². The van der Waals surface area contributed by atoms with Crippen LogP contribution in [0.2, 0.25) is 0 Å². The SMILES string of the molecule is CCCCCCNC(=O)[C@@H]1CCC(=O)N1[C@H]1OC(=O)c2ccccc21. The quantitative estimate of drug-likeness (QED) is 0.609. The maximum atomic E-state index is 12.5. The molecule has 0 saturated carbocycles. The molecule has 1 saturated heterocycles. The number of fused-ring (bicyclic) bond motifs is 1. The first-order chi connectivity index (χ1) is 12.1. The lowest BCUT2D eigenvalue weighted by Crippen LogP contribution is -2.46. The predicted molar refractivity (Wildman–Crippen MR) is 91.6 cm³/mol. The molecule has 2 aliphatic heterocycles. The minimum Gasteiger partial charge on any atom is -0.433 e. The van der Waals surface area contributed by atoms with Crippen LogP contribution in [0.3, 0.4) is 0 Å². The van der Waals surface area contributed by atoms with Gasteiger partial charge in [-0.2, -0.15) is 0 Å². The molecule has 2 amide bonds. The van der Waals surface area contributed by atoms with Gasteiger partial charge in [0.15, 0.2) is 0 Å². The van der Waals surface area contributed by atoms with Gasteiger partial charge in [-0.1, -0.05) is 44.4 Å². The summed E-state index contributed by atoms with van der Waals surface area (Å²) in [5.41, 5.74) is 1.12. The van der Waals surface area contributed by atoms with Crippen molar-refractivity contribution in [2.45, 2.75) is 57.7 Å². The van der Waals surface area contributed by atoms with Gasteiger partial charge in [0.2, 0.25) is 18.0 Å². The molecule has 1 fully saturated rings. The van der Waals surface area contributed by atoms with Crippen LogP contribution in [0.5, 0.6) is 0 Å². The fourth-order valence-corrected chi connectivity index (χ4v) is 3.47. The Balaban J connectivity index is 1.69. The summed E-state index contributed by atoms with van der Waals surface area (Å²) in [6, 6.07) is 6.44. The number of amides is 2. The highest BCUT2D eigenvalue weighted by atomic mass is 16.6. The lowest BCUT2D eigenvalue weighted by molar-refractivity contribution is -0.145. The van der Waals surface area contributed by atoms with Crippen molar-refractivity contribution in [2.24, 2.45) is 0 Å². The number of likely N-dealkylation sites (tertiary alicyclic amines) is 1. The zero-order valence-corrected chi connectivity index (χ0v) is 14.5. The van der Waals surface area contributed by atoms with Gasteiger partial charge in [0.25, 0.3) is 0 Å². The Morgan fingerprint density at radius 3 is 2.84 bits per heavy atom. The smallest absolute Gasteiger partial charge is 0.340 e. The fourth-order valence-electron chi connectivity index (χ4n) is 3.47. The van der Waals surface area contributed by atoms with E-state index < -0.39 is 18.2 Å². The molecule has 0 aliphatic carbocycles.